The Hall–Kier alpha value is -3.41. The molecule has 0 spiro atoms. The fraction of sp³-hybridized carbons (Fsp3) is 0.500. The lowest BCUT2D eigenvalue weighted by Gasteiger charge is -2.57. The summed E-state index contributed by atoms with van der Waals surface area (Å²) in [4.78, 5) is 21.3. The molecule has 4 fully saturated rings. The molecule has 3 unspecified atom stereocenters. The number of primary amides is 1. The maximum Gasteiger partial charge on any atom is 0.417 e. The van der Waals surface area contributed by atoms with Crippen molar-refractivity contribution >= 4 is 11.7 Å². The number of halogens is 3. The maximum atomic E-state index is 12.9. The monoisotopic (exact) mass is 509 g/mol. The number of benzene rings is 1. The zero-order chi connectivity index (χ0) is 26.6. The highest BCUT2D eigenvalue weighted by atomic mass is 19.4. The number of aliphatic imine (C=N–C) groups is 1. The summed E-state index contributed by atoms with van der Waals surface area (Å²) in [6, 6.07) is 11.8. The smallest absolute Gasteiger partial charge is 0.387 e. The first-order valence-corrected chi connectivity index (χ1v) is 12.6. The average Bonchev–Trinajstić information content (AvgIpc) is 2.85. The van der Waals surface area contributed by atoms with E-state index >= 15 is 0 Å². The van der Waals surface area contributed by atoms with Crippen LogP contribution in [0.3, 0.4) is 0 Å². The molecule has 2 aromatic rings. The van der Waals surface area contributed by atoms with Gasteiger partial charge < -0.3 is 11.5 Å². The van der Waals surface area contributed by atoms with Gasteiger partial charge in [0.25, 0.3) is 0 Å². The first-order valence-electron chi connectivity index (χ1n) is 12.6. The van der Waals surface area contributed by atoms with E-state index in [4.69, 9.17) is 16.5 Å². The molecule has 1 amide bonds. The number of hydrogen-bond donors (Lipinski definition) is 2. The third-order valence-corrected chi connectivity index (χ3v) is 8.94. The topological polar surface area (TPSA) is 118 Å². The molecule has 4 N–H and O–H groups in total. The van der Waals surface area contributed by atoms with E-state index in [-0.39, 0.29) is 30.2 Å². The molecule has 1 heterocycles. The molecule has 3 atom stereocenters. The summed E-state index contributed by atoms with van der Waals surface area (Å²) in [5.41, 5.74) is 12.3. The van der Waals surface area contributed by atoms with Gasteiger partial charge in [-0.1, -0.05) is 24.3 Å². The summed E-state index contributed by atoms with van der Waals surface area (Å²) in [6.45, 7) is 1.89. The van der Waals surface area contributed by atoms with Crippen LogP contribution in [0.1, 0.15) is 56.6 Å². The molecule has 37 heavy (non-hydrogen) atoms. The van der Waals surface area contributed by atoms with Crippen molar-refractivity contribution in [3.05, 3.63) is 53.7 Å². The van der Waals surface area contributed by atoms with Crippen molar-refractivity contribution < 1.29 is 18.0 Å². The Kier molecular flexibility index (Phi) is 6.05. The number of aromatic nitrogens is 1. The maximum absolute atomic E-state index is 12.9. The van der Waals surface area contributed by atoms with Crippen molar-refractivity contribution in [1.82, 2.24) is 4.98 Å². The van der Waals surface area contributed by atoms with Crippen LogP contribution < -0.4 is 11.5 Å². The van der Waals surface area contributed by atoms with Gasteiger partial charge in [0.1, 0.15) is 5.84 Å². The number of nitrogens with zero attached hydrogens (tertiary/aromatic N) is 3. The van der Waals surface area contributed by atoms with Crippen molar-refractivity contribution in [3.8, 4) is 17.3 Å². The SMILES string of the molecule is CC(CC#N)(C(N)=NC1C2CC3CC1CC(C(N)=O)(C3)C2)c1ccc(-c2ccc(C(F)(F)F)cn2)cc1. The van der Waals surface area contributed by atoms with Crippen molar-refractivity contribution in [3.63, 3.8) is 0 Å². The van der Waals surface area contributed by atoms with E-state index < -0.39 is 22.6 Å². The van der Waals surface area contributed by atoms with Gasteiger partial charge in [-0.15, -0.1) is 0 Å². The lowest BCUT2D eigenvalue weighted by Crippen LogP contribution is -2.57. The van der Waals surface area contributed by atoms with Crippen LogP contribution in [-0.4, -0.2) is 22.8 Å². The molecular formula is C28H30F3N5O. The van der Waals surface area contributed by atoms with Gasteiger partial charge in [-0.25, -0.2) is 0 Å². The number of nitriles is 1. The zero-order valence-corrected chi connectivity index (χ0v) is 20.6. The van der Waals surface area contributed by atoms with Crippen LogP contribution in [0.2, 0.25) is 0 Å². The fourth-order valence-corrected chi connectivity index (χ4v) is 7.05. The Labute approximate surface area is 214 Å². The standard InChI is InChI=1S/C28H30F3N5O/c1-26(8-9-32,20-4-2-17(3-5-20)22-7-6-21(15-35-22)28(29,30)31)24(33)36-23-18-10-16-11-19(23)14-27(12-16,13-18)25(34)37/h2-7,15-16,18-19,23H,8,10-14H2,1H3,(H2,33,36)(H2,34,37). The summed E-state index contributed by atoms with van der Waals surface area (Å²) in [5.74, 6) is 1.22. The molecular weight excluding hydrogens is 479 g/mol. The number of alkyl halides is 3. The van der Waals surface area contributed by atoms with Gasteiger partial charge in [0, 0.05) is 17.2 Å². The molecule has 1 aromatic heterocycles. The number of rotatable bonds is 6. The Morgan fingerprint density at radius 3 is 2.22 bits per heavy atom. The van der Waals surface area contributed by atoms with Crippen LogP contribution >= 0.6 is 0 Å². The van der Waals surface area contributed by atoms with Crippen molar-refractivity contribution in [2.45, 2.75) is 63.1 Å². The van der Waals surface area contributed by atoms with Crippen LogP contribution in [0.15, 0.2) is 47.6 Å². The molecule has 194 valence electrons. The molecule has 0 aliphatic heterocycles. The van der Waals surface area contributed by atoms with E-state index in [1.807, 2.05) is 19.1 Å². The van der Waals surface area contributed by atoms with E-state index in [9.17, 15) is 23.2 Å². The Morgan fingerprint density at radius 2 is 1.70 bits per heavy atom. The largest absolute Gasteiger partial charge is 0.417 e. The summed E-state index contributed by atoms with van der Waals surface area (Å²) >= 11 is 0. The van der Waals surface area contributed by atoms with Crippen LogP contribution in [-0.2, 0) is 16.4 Å². The van der Waals surface area contributed by atoms with Gasteiger partial charge in [-0.05, 0) is 74.5 Å². The van der Waals surface area contributed by atoms with Gasteiger partial charge >= 0.3 is 6.18 Å². The molecule has 4 bridgehead atoms. The third kappa shape index (κ3) is 4.36. The van der Waals surface area contributed by atoms with Crippen LogP contribution in [0.4, 0.5) is 13.2 Å². The molecule has 4 aliphatic carbocycles. The second-order valence-corrected chi connectivity index (χ2v) is 11.3. The normalized spacial score (nSPS) is 30.5. The van der Waals surface area contributed by atoms with Gasteiger partial charge in [-0.2, -0.15) is 18.4 Å². The number of carbonyl (C=O) groups is 1. The predicted octanol–water partition coefficient (Wildman–Crippen LogP) is 4.98. The number of amides is 1. The second-order valence-electron chi connectivity index (χ2n) is 11.3. The van der Waals surface area contributed by atoms with E-state index in [2.05, 4.69) is 11.1 Å². The van der Waals surface area contributed by atoms with Gasteiger partial charge in [0.05, 0.1) is 35.2 Å². The highest BCUT2D eigenvalue weighted by molar-refractivity contribution is 5.92. The van der Waals surface area contributed by atoms with Gasteiger partial charge in [0.15, 0.2) is 0 Å². The van der Waals surface area contributed by atoms with Crippen molar-refractivity contribution in [2.24, 2.45) is 39.6 Å². The van der Waals surface area contributed by atoms with E-state index in [1.54, 1.807) is 12.1 Å². The Bertz CT molecular complexity index is 1250. The quantitative estimate of drug-likeness (QED) is 0.422. The predicted molar refractivity (Wildman–Crippen MR) is 133 cm³/mol. The number of amidine groups is 1. The minimum absolute atomic E-state index is 0.0117. The highest BCUT2D eigenvalue weighted by Crippen LogP contribution is 2.60. The molecule has 4 aliphatic rings. The van der Waals surface area contributed by atoms with Crippen molar-refractivity contribution in [1.29, 1.82) is 5.26 Å². The van der Waals surface area contributed by atoms with E-state index in [1.165, 1.54) is 6.07 Å². The van der Waals surface area contributed by atoms with Gasteiger partial charge in [-0.3, -0.25) is 14.8 Å². The highest BCUT2D eigenvalue weighted by Gasteiger charge is 2.58. The van der Waals surface area contributed by atoms with E-state index in [0.717, 1.165) is 49.9 Å². The third-order valence-electron chi connectivity index (χ3n) is 8.94. The molecule has 0 saturated heterocycles. The molecule has 6 nitrogen and oxygen atoms in total. The zero-order valence-electron chi connectivity index (χ0n) is 20.6. The summed E-state index contributed by atoms with van der Waals surface area (Å²) < 4.78 is 38.6. The first kappa shape index (κ1) is 25.2. The minimum atomic E-state index is -4.44. The summed E-state index contributed by atoms with van der Waals surface area (Å²) in [6.07, 6.45) is 0.933. The molecule has 1 aromatic carbocycles. The number of carbonyl (C=O) groups excluding carboxylic acids is 1. The van der Waals surface area contributed by atoms with E-state index in [0.29, 0.717) is 23.0 Å². The van der Waals surface area contributed by atoms with Crippen LogP contribution in [0.5, 0.6) is 0 Å². The minimum Gasteiger partial charge on any atom is -0.387 e. The Balaban J connectivity index is 1.40. The second kappa shape index (κ2) is 8.86. The average molecular weight is 510 g/mol. The number of nitrogens with two attached hydrogens (primary N) is 2. The number of hydrogen-bond acceptors (Lipinski definition) is 4. The number of pyridine rings is 1. The summed E-state index contributed by atoms with van der Waals surface area (Å²) in [5, 5.41) is 9.63. The fourth-order valence-electron chi connectivity index (χ4n) is 7.05. The molecule has 4 saturated carbocycles. The molecule has 9 heteroatoms. The van der Waals surface area contributed by atoms with Gasteiger partial charge in [0.2, 0.25) is 5.91 Å². The molecule has 6 rings (SSSR count). The lowest BCUT2D eigenvalue weighted by atomic mass is 9.47. The first-order chi connectivity index (χ1) is 17.4. The molecule has 0 radical (unpaired) electrons. The Morgan fingerprint density at radius 1 is 1.08 bits per heavy atom. The lowest BCUT2D eigenvalue weighted by molar-refractivity contribution is -0.144. The summed E-state index contributed by atoms with van der Waals surface area (Å²) in [7, 11) is 0. The van der Waals surface area contributed by atoms with Crippen LogP contribution in [0, 0.1) is 34.5 Å². The van der Waals surface area contributed by atoms with Crippen molar-refractivity contribution in [2.75, 3.05) is 0 Å². The van der Waals surface area contributed by atoms with Crippen LogP contribution in [0.25, 0.3) is 11.3 Å².